The van der Waals surface area contributed by atoms with Gasteiger partial charge in [-0.05, 0) is 37.5 Å². The summed E-state index contributed by atoms with van der Waals surface area (Å²) in [5, 5.41) is 42.8. The Hall–Kier alpha value is -0.200. The lowest BCUT2D eigenvalue weighted by Gasteiger charge is -2.50. The van der Waals surface area contributed by atoms with Crippen molar-refractivity contribution in [1.29, 1.82) is 0 Å². The van der Waals surface area contributed by atoms with Crippen molar-refractivity contribution in [3.8, 4) is 0 Å². The number of nitrogens with zero attached hydrogens (tertiary/aromatic N) is 1. The van der Waals surface area contributed by atoms with Crippen molar-refractivity contribution in [3.05, 3.63) is 0 Å². The largest absolute Gasteiger partial charge is 0.364 e. The van der Waals surface area contributed by atoms with Crippen LogP contribution < -0.4 is 0 Å². The lowest BCUT2D eigenvalue weighted by molar-refractivity contribution is -0.318. The minimum absolute atomic E-state index is 0.0817. The second-order valence-electron chi connectivity index (χ2n) is 8.24. The first-order valence-electron chi connectivity index (χ1n) is 7.78. The van der Waals surface area contributed by atoms with Crippen molar-refractivity contribution in [2.45, 2.75) is 69.6 Å². The predicted molar refractivity (Wildman–Crippen MR) is 71.2 cm³/mol. The van der Waals surface area contributed by atoms with Gasteiger partial charge in [0.2, 0.25) is 5.91 Å². The molecule has 2 saturated heterocycles. The van der Waals surface area contributed by atoms with E-state index in [1.165, 1.54) is 0 Å². The van der Waals surface area contributed by atoms with Gasteiger partial charge < -0.3 is 20.4 Å². The van der Waals surface area contributed by atoms with Gasteiger partial charge in [-0.25, -0.2) is 4.90 Å². The molecule has 5 nitrogen and oxygen atoms in total. The summed E-state index contributed by atoms with van der Waals surface area (Å²) in [6, 6.07) is 0. The van der Waals surface area contributed by atoms with Crippen LogP contribution in [-0.2, 0) is 0 Å². The van der Waals surface area contributed by atoms with Gasteiger partial charge in [0, 0.05) is 24.3 Å². The normalized spacial score (nSPS) is 39.8. The highest BCUT2D eigenvalue weighted by atomic mass is 16.5. The standard InChI is InChI=1S/C15H25NO4/c1-10(2)15(19,20)13-7-11(3-4-11)9-16(13)14(17,18)8-12(13)5-6-12/h10,17-20H,3-9H2,1-2H3. The molecule has 4 N–H and O–H groups in total. The molecule has 4 aliphatic rings. The quantitative estimate of drug-likeness (QED) is 0.550. The SMILES string of the molecule is CC(C)C(O)(O)C12CC3(CC3)CN1C(O)(O)CC21CC1. The number of fused-ring (bicyclic) bond motifs is 2. The molecule has 4 fully saturated rings. The average molecular weight is 283 g/mol. The fourth-order valence-corrected chi connectivity index (χ4v) is 5.22. The topological polar surface area (TPSA) is 84.2 Å². The minimum atomic E-state index is -1.89. The third-order valence-corrected chi connectivity index (χ3v) is 6.69. The van der Waals surface area contributed by atoms with E-state index in [2.05, 4.69) is 0 Å². The molecule has 0 amide bonds. The number of aliphatic hydroxyl groups is 4. The molecular formula is C15H25NO4. The van der Waals surface area contributed by atoms with Gasteiger partial charge in [0.15, 0.2) is 5.79 Å². The second kappa shape index (κ2) is 3.25. The van der Waals surface area contributed by atoms with Crippen LogP contribution in [0.25, 0.3) is 0 Å². The molecule has 20 heavy (non-hydrogen) atoms. The highest BCUT2D eigenvalue weighted by Gasteiger charge is 2.83. The average Bonchev–Trinajstić information content (AvgIpc) is 3.16. The first-order valence-corrected chi connectivity index (χ1v) is 7.78. The molecule has 2 spiro atoms. The fourth-order valence-electron chi connectivity index (χ4n) is 5.22. The van der Waals surface area contributed by atoms with Crippen LogP contribution in [0.5, 0.6) is 0 Å². The highest BCUT2D eigenvalue weighted by Crippen LogP contribution is 2.77. The summed E-state index contributed by atoms with van der Waals surface area (Å²) in [5.74, 6) is -4.12. The summed E-state index contributed by atoms with van der Waals surface area (Å²) in [5.41, 5.74) is -1.15. The predicted octanol–water partition coefficient (Wildman–Crippen LogP) is 0.370. The van der Waals surface area contributed by atoms with E-state index in [1.807, 2.05) is 0 Å². The highest BCUT2D eigenvalue weighted by molar-refractivity contribution is 5.31. The molecule has 1 unspecified atom stereocenters. The van der Waals surface area contributed by atoms with Crippen molar-refractivity contribution >= 4 is 0 Å². The van der Waals surface area contributed by atoms with Gasteiger partial charge in [0.25, 0.3) is 0 Å². The smallest absolute Gasteiger partial charge is 0.226 e. The molecule has 0 radical (unpaired) electrons. The molecule has 0 bridgehead atoms. The third-order valence-electron chi connectivity index (χ3n) is 6.69. The van der Waals surface area contributed by atoms with Crippen molar-refractivity contribution in [3.63, 3.8) is 0 Å². The Balaban J connectivity index is 1.88. The van der Waals surface area contributed by atoms with Crippen molar-refractivity contribution < 1.29 is 20.4 Å². The van der Waals surface area contributed by atoms with Gasteiger partial charge in [-0.3, -0.25) is 0 Å². The molecule has 0 aromatic carbocycles. The fraction of sp³-hybridized carbons (Fsp3) is 1.00. The molecule has 114 valence electrons. The Morgan fingerprint density at radius 1 is 1.00 bits per heavy atom. The van der Waals surface area contributed by atoms with Crippen molar-refractivity contribution in [2.24, 2.45) is 16.7 Å². The summed E-state index contributed by atoms with van der Waals surface area (Å²) in [7, 11) is 0. The summed E-state index contributed by atoms with van der Waals surface area (Å²) in [4.78, 5) is 1.64. The summed E-state index contributed by atoms with van der Waals surface area (Å²) < 4.78 is 0. The van der Waals surface area contributed by atoms with E-state index >= 15 is 0 Å². The Morgan fingerprint density at radius 3 is 2.05 bits per heavy atom. The van der Waals surface area contributed by atoms with Gasteiger partial charge >= 0.3 is 0 Å². The van der Waals surface area contributed by atoms with Gasteiger partial charge in [0.1, 0.15) is 0 Å². The Morgan fingerprint density at radius 2 is 1.60 bits per heavy atom. The first kappa shape index (κ1) is 13.5. The molecule has 2 aliphatic heterocycles. The monoisotopic (exact) mass is 283 g/mol. The molecule has 2 saturated carbocycles. The van der Waals surface area contributed by atoms with E-state index in [1.54, 1.807) is 18.7 Å². The summed E-state index contributed by atoms with van der Waals surface area (Å²) >= 11 is 0. The van der Waals surface area contributed by atoms with E-state index in [0.717, 1.165) is 25.7 Å². The maximum Gasteiger partial charge on any atom is 0.226 e. The van der Waals surface area contributed by atoms with E-state index in [0.29, 0.717) is 13.0 Å². The molecule has 1 atom stereocenters. The van der Waals surface area contributed by atoms with Crippen LogP contribution in [0.3, 0.4) is 0 Å². The Labute approximate surface area is 119 Å². The zero-order valence-corrected chi connectivity index (χ0v) is 12.3. The van der Waals surface area contributed by atoms with Gasteiger partial charge in [0.05, 0.1) is 5.54 Å². The van der Waals surface area contributed by atoms with Gasteiger partial charge in [-0.15, -0.1) is 0 Å². The van der Waals surface area contributed by atoms with Crippen molar-refractivity contribution in [1.82, 2.24) is 4.90 Å². The van der Waals surface area contributed by atoms with Crippen LogP contribution in [0, 0.1) is 16.7 Å². The summed E-state index contributed by atoms with van der Waals surface area (Å²) in [6.07, 6.45) is 4.77. The molecule has 0 aromatic heterocycles. The first-order chi connectivity index (χ1) is 9.11. The zero-order chi connectivity index (χ0) is 14.6. The van der Waals surface area contributed by atoms with E-state index < -0.39 is 17.2 Å². The Bertz CT molecular complexity index is 464. The Kier molecular flexibility index (Phi) is 2.19. The molecule has 2 aliphatic carbocycles. The number of hydrogen-bond donors (Lipinski definition) is 4. The zero-order valence-electron chi connectivity index (χ0n) is 12.3. The van der Waals surface area contributed by atoms with Gasteiger partial charge in [-0.1, -0.05) is 13.8 Å². The van der Waals surface area contributed by atoms with E-state index in [9.17, 15) is 20.4 Å². The lowest BCUT2D eigenvalue weighted by Crippen LogP contribution is -2.67. The van der Waals surface area contributed by atoms with Crippen LogP contribution in [0.4, 0.5) is 0 Å². The maximum atomic E-state index is 10.9. The maximum absolute atomic E-state index is 10.9. The molecule has 0 aromatic rings. The van der Waals surface area contributed by atoms with E-state index in [-0.39, 0.29) is 23.2 Å². The molecule has 2 heterocycles. The van der Waals surface area contributed by atoms with E-state index in [4.69, 9.17) is 0 Å². The minimum Gasteiger partial charge on any atom is -0.364 e. The van der Waals surface area contributed by atoms with Crippen LogP contribution in [-0.4, -0.2) is 49.1 Å². The van der Waals surface area contributed by atoms with Crippen LogP contribution in [0.2, 0.25) is 0 Å². The molecular weight excluding hydrogens is 258 g/mol. The van der Waals surface area contributed by atoms with Gasteiger partial charge in [-0.2, -0.15) is 0 Å². The number of rotatable bonds is 2. The molecule has 5 heteroatoms. The molecule has 4 rings (SSSR count). The summed E-state index contributed by atoms with van der Waals surface area (Å²) in [6.45, 7) is 4.18. The lowest BCUT2D eigenvalue weighted by atomic mass is 9.68. The number of hydrogen-bond acceptors (Lipinski definition) is 5. The van der Waals surface area contributed by atoms with Crippen LogP contribution in [0.1, 0.15) is 52.4 Å². The van der Waals surface area contributed by atoms with Crippen LogP contribution >= 0.6 is 0 Å². The van der Waals surface area contributed by atoms with Crippen molar-refractivity contribution in [2.75, 3.05) is 6.54 Å². The second-order valence-corrected chi connectivity index (χ2v) is 8.24. The third kappa shape index (κ3) is 1.27. The van der Waals surface area contributed by atoms with Crippen LogP contribution in [0.15, 0.2) is 0 Å².